The molecule has 126 valence electrons. The molecule has 1 aliphatic heterocycles. The summed E-state index contributed by atoms with van der Waals surface area (Å²) in [6.45, 7) is 6.84. The molecule has 0 atom stereocenters. The Kier molecular flexibility index (Phi) is 3.03. The van der Waals surface area contributed by atoms with Crippen molar-refractivity contribution in [1.82, 2.24) is 29.1 Å². The fraction of sp³-hybridized carbons (Fsp3) is 0.333. The standard InChI is InChI=1S/C18H19N7/c1-12-11-13(2)25-17(19-12)21-16(22-25)7-8-23-9-10-24-15-6-4-3-5-14(15)20-18(23)24/h3-6,11H,7-10H2,1-2H3. The van der Waals surface area contributed by atoms with Crippen LogP contribution in [0.4, 0.5) is 5.95 Å². The molecule has 0 saturated heterocycles. The van der Waals surface area contributed by atoms with Gasteiger partial charge in [0.25, 0.3) is 5.78 Å². The smallest absolute Gasteiger partial charge is 0.252 e. The van der Waals surface area contributed by atoms with E-state index in [0.717, 1.165) is 54.7 Å². The van der Waals surface area contributed by atoms with E-state index in [0.29, 0.717) is 5.78 Å². The lowest BCUT2D eigenvalue weighted by molar-refractivity contribution is 0.751. The minimum Gasteiger partial charge on any atom is -0.340 e. The molecule has 1 aromatic carbocycles. The number of para-hydroxylation sites is 2. The summed E-state index contributed by atoms with van der Waals surface area (Å²) in [5, 5.41) is 4.60. The first-order chi connectivity index (χ1) is 12.2. The van der Waals surface area contributed by atoms with E-state index in [1.807, 2.05) is 30.5 Å². The van der Waals surface area contributed by atoms with Gasteiger partial charge in [-0.05, 0) is 32.0 Å². The van der Waals surface area contributed by atoms with E-state index in [1.54, 1.807) is 0 Å². The molecule has 0 aliphatic carbocycles. The maximum absolute atomic E-state index is 4.79. The quantitative estimate of drug-likeness (QED) is 0.575. The average Bonchev–Trinajstić information content (AvgIpc) is 3.26. The Morgan fingerprint density at radius 2 is 1.92 bits per heavy atom. The van der Waals surface area contributed by atoms with E-state index in [9.17, 15) is 0 Å². The third-order valence-electron chi connectivity index (χ3n) is 4.78. The van der Waals surface area contributed by atoms with Gasteiger partial charge in [0.2, 0.25) is 5.95 Å². The second kappa shape index (κ2) is 5.27. The van der Waals surface area contributed by atoms with Crippen LogP contribution in [0.2, 0.25) is 0 Å². The Morgan fingerprint density at radius 1 is 1.04 bits per heavy atom. The molecule has 0 radical (unpaired) electrons. The van der Waals surface area contributed by atoms with Crippen LogP contribution < -0.4 is 4.90 Å². The molecule has 7 nitrogen and oxygen atoms in total. The molecular formula is C18H19N7. The molecule has 5 rings (SSSR count). The summed E-state index contributed by atoms with van der Waals surface area (Å²) >= 11 is 0. The minimum atomic E-state index is 0.682. The van der Waals surface area contributed by atoms with E-state index in [-0.39, 0.29) is 0 Å². The zero-order valence-corrected chi connectivity index (χ0v) is 14.3. The maximum Gasteiger partial charge on any atom is 0.252 e. The van der Waals surface area contributed by atoms with Crippen molar-refractivity contribution in [2.24, 2.45) is 0 Å². The summed E-state index contributed by atoms with van der Waals surface area (Å²) in [6.07, 6.45) is 0.783. The van der Waals surface area contributed by atoms with Gasteiger partial charge in [0.05, 0.1) is 11.0 Å². The Labute approximate surface area is 144 Å². The van der Waals surface area contributed by atoms with Crippen LogP contribution in [0.25, 0.3) is 16.8 Å². The number of hydrogen-bond donors (Lipinski definition) is 0. The van der Waals surface area contributed by atoms with Crippen LogP contribution in [-0.4, -0.2) is 42.2 Å². The SMILES string of the molecule is Cc1cc(C)n2nc(CCN3CCn4c3nc3ccccc34)nc2n1. The predicted molar refractivity (Wildman–Crippen MR) is 95.9 cm³/mol. The van der Waals surface area contributed by atoms with Gasteiger partial charge in [0.15, 0.2) is 5.82 Å². The van der Waals surface area contributed by atoms with Crippen molar-refractivity contribution in [3.05, 3.63) is 47.5 Å². The van der Waals surface area contributed by atoms with E-state index < -0.39 is 0 Å². The molecule has 4 heterocycles. The summed E-state index contributed by atoms with van der Waals surface area (Å²) in [6, 6.07) is 10.3. The third-order valence-corrected chi connectivity index (χ3v) is 4.78. The Hall–Kier alpha value is -2.96. The van der Waals surface area contributed by atoms with Gasteiger partial charge in [0.1, 0.15) is 0 Å². The normalized spacial score (nSPS) is 13.9. The molecule has 0 spiro atoms. The Morgan fingerprint density at radius 3 is 2.84 bits per heavy atom. The number of imidazole rings is 1. The monoisotopic (exact) mass is 333 g/mol. The lowest BCUT2D eigenvalue weighted by atomic mass is 10.3. The van der Waals surface area contributed by atoms with Crippen molar-refractivity contribution in [3.63, 3.8) is 0 Å². The molecule has 0 N–H and O–H groups in total. The van der Waals surface area contributed by atoms with Crippen molar-refractivity contribution in [2.75, 3.05) is 18.0 Å². The van der Waals surface area contributed by atoms with E-state index in [2.05, 4.69) is 42.7 Å². The van der Waals surface area contributed by atoms with Crippen LogP contribution in [0.5, 0.6) is 0 Å². The number of benzene rings is 1. The van der Waals surface area contributed by atoms with Crippen LogP contribution in [0.1, 0.15) is 17.2 Å². The highest BCUT2D eigenvalue weighted by molar-refractivity contribution is 5.79. The van der Waals surface area contributed by atoms with Crippen molar-refractivity contribution in [3.8, 4) is 0 Å². The number of fused-ring (bicyclic) bond motifs is 4. The molecule has 0 bridgehead atoms. The minimum absolute atomic E-state index is 0.682. The van der Waals surface area contributed by atoms with Gasteiger partial charge in [-0.3, -0.25) is 0 Å². The lowest BCUT2D eigenvalue weighted by Gasteiger charge is -2.14. The lowest BCUT2D eigenvalue weighted by Crippen LogP contribution is -2.24. The van der Waals surface area contributed by atoms with Crippen LogP contribution in [-0.2, 0) is 13.0 Å². The van der Waals surface area contributed by atoms with Gasteiger partial charge in [-0.25, -0.2) is 14.5 Å². The molecule has 4 aromatic rings. The molecule has 0 amide bonds. The van der Waals surface area contributed by atoms with Crippen LogP contribution in [0, 0.1) is 13.8 Å². The Bertz CT molecular complexity index is 1090. The van der Waals surface area contributed by atoms with Gasteiger partial charge in [0, 0.05) is 37.4 Å². The van der Waals surface area contributed by atoms with Gasteiger partial charge >= 0.3 is 0 Å². The first-order valence-electron chi connectivity index (χ1n) is 8.59. The topological polar surface area (TPSA) is 64.1 Å². The third kappa shape index (κ3) is 2.26. The number of nitrogens with zero attached hydrogens (tertiary/aromatic N) is 7. The van der Waals surface area contributed by atoms with Gasteiger partial charge in [-0.1, -0.05) is 12.1 Å². The summed E-state index contributed by atoms with van der Waals surface area (Å²) in [5.41, 5.74) is 4.30. The fourth-order valence-electron chi connectivity index (χ4n) is 3.61. The van der Waals surface area contributed by atoms with E-state index >= 15 is 0 Å². The van der Waals surface area contributed by atoms with E-state index in [1.165, 1.54) is 5.52 Å². The molecule has 0 saturated carbocycles. The molecule has 1 aliphatic rings. The summed E-state index contributed by atoms with van der Waals surface area (Å²) < 4.78 is 4.11. The van der Waals surface area contributed by atoms with Crippen molar-refractivity contribution >= 4 is 22.8 Å². The first-order valence-corrected chi connectivity index (χ1v) is 8.59. The zero-order chi connectivity index (χ0) is 17.0. The fourth-order valence-corrected chi connectivity index (χ4v) is 3.61. The number of hydrogen-bond acceptors (Lipinski definition) is 5. The van der Waals surface area contributed by atoms with Crippen LogP contribution in [0.3, 0.4) is 0 Å². The zero-order valence-electron chi connectivity index (χ0n) is 14.3. The number of aromatic nitrogens is 6. The van der Waals surface area contributed by atoms with Gasteiger partial charge in [-0.2, -0.15) is 4.98 Å². The highest BCUT2D eigenvalue weighted by atomic mass is 15.4. The second-order valence-corrected chi connectivity index (χ2v) is 6.57. The van der Waals surface area contributed by atoms with Gasteiger partial charge < -0.3 is 9.47 Å². The second-order valence-electron chi connectivity index (χ2n) is 6.57. The average molecular weight is 333 g/mol. The van der Waals surface area contributed by atoms with Crippen LogP contribution in [0.15, 0.2) is 30.3 Å². The van der Waals surface area contributed by atoms with Gasteiger partial charge in [-0.15, -0.1) is 5.10 Å². The predicted octanol–water partition coefficient (Wildman–Crippen LogP) is 2.15. The van der Waals surface area contributed by atoms with Crippen molar-refractivity contribution in [2.45, 2.75) is 26.8 Å². The summed E-state index contributed by atoms with van der Waals surface area (Å²) in [5.74, 6) is 2.56. The summed E-state index contributed by atoms with van der Waals surface area (Å²) in [7, 11) is 0. The number of anilines is 1. The van der Waals surface area contributed by atoms with Crippen molar-refractivity contribution < 1.29 is 0 Å². The highest BCUT2D eigenvalue weighted by Crippen LogP contribution is 2.26. The number of rotatable bonds is 3. The number of aryl methyl sites for hydroxylation is 2. The molecular weight excluding hydrogens is 314 g/mol. The molecule has 0 fully saturated rings. The maximum atomic E-state index is 4.79. The summed E-state index contributed by atoms with van der Waals surface area (Å²) in [4.78, 5) is 16.1. The largest absolute Gasteiger partial charge is 0.340 e. The molecule has 25 heavy (non-hydrogen) atoms. The van der Waals surface area contributed by atoms with Crippen LogP contribution >= 0.6 is 0 Å². The Balaban J connectivity index is 1.40. The molecule has 3 aromatic heterocycles. The first kappa shape index (κ1) is 14.4. The molecule has 0 unspecified atom stereocenters. The van der Waals surface area contributed by atoms with E-state index in [4.69, 9.17) is 4.98 Å². The van der Waals surface area contributed by atoms with Crippen molar-refractivity contribution in [1.29, 1.82) is 0 Å². The molecule has 7 heteroatoms. The highest BCUT2D eigenvalue weighted by Gasteiger charge is 2.23.